The van der Waals surface area contributed by atoms with Gasteiger partial charge in [0.2, 0.25) is 0 Å². The molecule has 1 fully saturated rings. The number of carbonyl (C=O) groups excluding carboxylic acids is 2. The fourth-order valence-corrected chi connectivity index (χ4v) is 4.55. The number of fused-ring (bicyclic) bond motifs is 3. The zero-order chi connectivity index (χ0) is 22.2. The van der Waals surface area contributed by atoms with Gasteiger partial charge in [0.15, 0.2) is 11.5 Å². The van der Waals surface area contributed by atoms with Gasteiger partial charge >= 0.3 is 11.9 Å². The first-order chi connectivity index (χ1) is 14.7. The van der Waals surface area contributed by atoms with Gasteiger partial charge in [-0.25, -0.2) is 4.42 Å². The highest BCUT2D eigenvalue weighted by Crippen LogP contribution is 2.50. The lowest BCUT2D eigenvalue weighted by Crippen LogP contribution is -2.33. The van der Waals surface area contributed by atoms with E-state index in [2.05, 4.69) is 0 Å². The Morgan fingerprint density at radius 1 is 1.13 bits per heavy atom. The minimum Gasteiger partial charge on any atom is -0.487 e. The molecule has 0 aliphatic carbocycles. The molecule has 0 radical (unpaired) electrons. The second-order valence-electron chi connectivity index (χ2n) is 9.00. The molecule has 0 atom stereocenters. The molecular formula is C24H28ClNO5. The van der Waals surface area contributed by atoms with Crippen LogP contribution in [0.2, 0.25) is 0 Å². The molecule has 0 amide bonds. The Morgan fingerprint density at radius 2 is 1.81 bits per heavy atom. The van der Waals surface area contributed by atoms with Gasteiger partial charge in [-0.1, -0.05) is 24.3 Å². The number of esters is 2. The van der Waals surface area contributed by atoms with Gasteiger partial charge in [0.1, 0.15) is 11.4 Å². The fourth-order valence-electron chi connectivity index (χ4n) is 4.35. The summed E-state index contributed by atoms with van der Waals surface area (Å²) >= 11 is 6.03. The maximum absolute atomic E-state index is 12.9. The second kappa shape index (κ2) is 8.67. The SMILES string of the molecule is CC(=O)Oc1c(OC(=O)CC2CCN(Cl)CC2)c2c(c3ccccc13)OC(C)(C)CC2. The van der Waals surface area contributed by atoms with Crippen molar-refractivity contribution >= 4 is 34.5 Å². The van der Waals surface area contributed by atoms with Crippen LogP contribution < -0.4 is 14.2 Å². The highest BCUT2D eigenvalue weighted by Gasteiger charge is 2.34. The van der Waals surface area contributed by atoms with E-state index in [1.807, 2.05) is 38.1 Å². The van der Waals surface area contributed by atoms with Crippen LogP contribution in [0, 0.1) is 5.92 Å². The van der Waals surface area contributed by atoms with E-state index in [4.69, 9.17) is 26.0 Å². The Bertz CT molecular complexity index is 1010. The lowest BCUT2D eigenvalue weighted by atomic mass is 9.90. The monoisotopic (exact) mass is 445 g/mol. The molecule has 2 aliphatic rings. The lowest BCUT2D eigenvalue weighted by Gasteiger charge is -2.34. The predicted molar refractivity (Wildman–Crippen MR) is 119 cm³/mol. The van der Waals surface area contributed by atoms with Crippen LogP contribution in [-0.2, 0) is 16.0 Å². The van der Waals surface area contributed by atoms with E-state index >= 15 is 0 Å². The summed E-state index contributed by atoms with van der Waals surface area (Å²) in [5.74, 6) is 0.720. The van der Waals surface area contributed by atoms with Crippen molar-refractivity contribution in [3.8, 4) is 17.2 Å². The normalized spacial score (nSPS) is 18.8. The molecule has 0 bridgehead atoms. The van der Waals surface area contributed by atoms with Gasteiger partial charge in [-0.3, -0.25) is 9.59 Å². The van der Waals surface area contributed by atoms with Gasteiger partial charge in [-0.05, 0) is 57.2 Å². The topological polar surface area (TPSA) is 65.1 Å². The maximum Gasteiger partial charge on any atom is 0.311 e. The first kappa shape index (κ1) is 21.9. The summed E-state index contributed by atoms with van der Waals surface area (Å²) in [6.45, 7) is 6.94. The Morgan fingerprint density at radius 3 is 2.48 bits per heavy atom. The molecule has 31 heavy (non-hydrogen) atoms. The van der Waals surface area contributed by atoms with Crippen LogP contribution in [0.25, 0.3) is 10.8 Å². The van der Waals surface area contributed by atoms with Crippen molar-refractivity contribution in [2.24, 2.45) is 5.92 Å². The molecule has 6 nitrogen and oxygen atoms in total. The lowest BCUT2D eigenvalue weighted by molar-refractivity contribution is -0.137. The van der Waals surface area contributed by atoms with Crippen molar-refractivity contribution in [3.05, 3.63) is 29.8 Å². The molecule has 2 aromatic carbocycles. The third-order valence-corrected chi connectivity index (χ3v) is 6.34. The standard InChI is InChI=1S/C24H28ClNO5/c1-15(27)29-22-18-7-5-4-6-17(18)21-19(8-11-24(2,3)31-21)23(22)30-20(28)14-16-9-12-26(25)13-10-16/h4-7,16H,8-14H2,1-3H3. The summed E-state index contributed by atoms with van der Waals surface area (Å²) in [6.07, 6.45) is 3.43. The number of rotatable bonds is 4. The largest absolute Gasteiger partial charge is 0.487 e. The maximum atomic E-state index is 12.9. The number of piperidine rings is 1. The van der Waals surface area contributed by atoms with Crippen molar-refractivity contribution < 1.29 is 23.8 Å². The Hall–Kier alpha value is -2.31. The zero-order valence-corrected chi connectivity index (χ0v) is 19.0. The third kappa shape index (κ3) is 4.80. The van der Waals surface area contributed by atoms with E-state index in [0.717, 1.165) is 43.3 Å². The highest BCUT2D eigenvalue weighted by atomic mass is 35.5. The number of hydrogen-bond donors (Lipinski definition) is 0. The molecule has 1 saturated heterocycles. The van der Waals surface area contributed by atoms with Crippen molar-refractivity contribution in [1.82, 2.24) is 4.42 Å². The van der Waals surface area contributed by atoms with Crippen LogP contribution in [0.15, 0.2) is 24.3 Å². The van der Waals surface area contributed by atoms with Crippen LogP contribution in [0.5, 0.6) is 17.2 Å². The van der Waals surface area contributed by atoms with Crippen LogP contribution >= 0.6 is 11.8 Å². The first-order valence-electron chi connectivity index (χ1n) is 10.8. The van der Waals surface area contributed by atoms with Gasteiger partial charge < -0.3 is 14.2 Å². The molecule has 166 valence electrons. The molecule has 7 heteroatoms. The van der Waals surface area contributed by atoms with Gasteiger partial charge in [-0.15, -0.1) is 0 Å². The van der Waals surface area contributed by atoms with Crippen LogP contribution in [0.4, 0.5) is 0 Å². The van der Waals surface area contributed by atoms with Crippen LogP contribution in [0.3, 0.4) is 0 Å². The van der Waals surface area contributed by atoms with Crippen molar-refractivity contribution in [2.75, 3.05) is 13.1 Å². The summed E-state index contributed by atoms with van der Waals surface area (Å²) < 4.78 is 19.6. The van der Waals surface area contributed by atoms with E-state index in [-0.39, 0.29) is 23.2 Å². The average molecular weight is 446 g/mol. The third-order valence-electron chi connectivity index (χ3n) is 6.00. The molecule has 0 aromatic heterocycles. The molecule has 0 saturated carbocycles. The second-order valence-corrected chi connectivity index (χ2v) is 9.48. The fraction of sp³-hybridized carbons (Fsp3) is 0.500. The van der Waals surface area contributed by atoms with Crippen LogP contribution in [-0.4, -0.2) is 35.0 Å². The summed E-state index contributed by atoms with van der Waals surface area (Å²) in [4.78, 5) is 24.8. The highest BCUT2D eigenvalue weighted by molar-refractivity contribution is 6.13. The zero-order valence-electron chi connectivity index (χ0n) is 18.2. The molecule has 2 heterocycles. The minimum absolute atomic E-state index is 0.228. The molecule has 0 spiro atoms. The van der Waals surface area contributed by atoms with Gasteiger partial charge in [0, 0.05) is 42.8 Å². The van der Waals surface area contributed by atoms with E-state index in [1.165, 1.54) is 6.92 Å². The van der Waals surface area contributed by atoms with E-state index in [9.17, 15) is 9.59 Å². The average Bonchev–Trinajstić information content (AvgIpc) is 2.71. The number of nitrogens with zero attached hydrogens (tertiary/aromatic N) is 1. The molecule has 4 rings (SSSR count). The van der Waals surface area contributed by atoms with Gasteiger partial charge in [0.25, 0.3) is 0 Å². The number of ether oxygens (including phenoxy) is 3. The molecular weight excluding hydrogens is 418 g/mol. The molecule has 2 aliphatic heterocycles. The number of hydrogen-bond acceptors (Lipinski definition) is 6. The van der Waals surface area contributed by atoms with E-state index < -0.39 is 5.97 Å². The Balaban J connectivity index is 1.74. The van der Waals surface area contributed by atoms with E-state index in [0.29, 0.717) is 29.7 Å². The minimum atomic E-state index is -0.464. The molecule has 0 unspecified atom stereocenters. The Kier molecular flexibility index (Phi) is 6.13. The van der Waals surface area contributed by atoms with Crippen molar-refractivity contribution in [3.63, 3.8) is 0 Å². The van der Waals surface area contributed by atoms with E-state index in [1.54, 1.807) is 4.42 Å². The number of carbonyl (C=O) groups is 2. The van der Waals surface area contributed by atoms with Crippen molar-refractivity contribution in [1.29, 1.82) is 0 Å². The predicted octanol–water partition coefficient (Wildman–Crippen LogP) is 5.03. The summed E-state index contributed by atoms with van der Waals surface area (Å²) in [6, 6.07) is 7.57. The van der Waals surface area contributed by atoms with Crippen molar-refractivity contribution in [2.45, 2.75) is 58.5 Å². The number of benzene rings is 2. The quantitative estimate of drug-likeness (QED) is 0.373. The first-order valence-corrected chi connectivity index (χ1v) is 11.1. The number of halogens is 1. The molecule has 0 N–H and O–H groups in total. The van der Waals surface area contributed by atoms with Gasteiger partial charge in [0.05, 0.1) is 0 Å². The van der Waals surface area contributed by atoms with Crippen LogP contribution in [0.1, 0.15) is 52.0 Å². The summed E-state index contributed by atoms with van der Waals surface area (Å²) in [5.41, 5.74) is 0.438. The molecule has 2 aromatic rings. The summed E-state index contributed by atoms with van der Waals surface area (Å²) in [5, 5.41) is 1.53. The smallest absolute Gasteiger partial charge is 0.311 e. The summed E-state index contributed by atoms with van der Waals surface area (Å²) in [7, 11) is 0. The Labute approximate surface area is 187 Å². The van der Waals surface area contributed by atoms with Gasteiger partial charge in [-0.2, -0.15) is 0 Å².